The molecule has 0 aromatic carbocycles. The van der Waals surface area contributed by atoms with Gasteiger partial charge >= 0.3 is 0 Å². The fourth-order valence-corrected chi connectivity index (χ4v) is 6.81. The van der Waals surface area contributed by atoms with Crippen molar-refractivity contribution in [2.24, 2.45) is 0 Å². The van der Waals surface area contributed by atoms with E-state index in [-0.39, 0.29) is 23.5 Å². The van der Waals surface area contributed by atoms with Gasteiger partial charge in [-0.1, -0.05) is 6.07 Å². The molecule has 31 heavy (non-hydrogen) atoms. The molecular weight excluding hydrogens is 434 g/mol. The predicted octanol–water partition coefficient (Wildman–Crippen LogP) is 2.22. The zero-order chi connectivity index (χ0) is 21.8. The molecule has 0 spiro atoms. The molecule has 164 valence electrons. The van der Waals surface area contributed by atoms with E-state index in [0.29, 0.717) is 36.4 Å². The Labute approximate surface area is 185 Å². The summed E-state index contributed by atoms with van der Waals surface area (Å²) in [4.78, 5) is 23.5. The van der Waals surface area contributed by atoms with Gasteiger partial charge in [0, 0.05) is 26.2 Å². The van der Waals surface area contributed by atoms with E-state index in [0.717, 1.165) is 29.0 Å². The highest BCUT2D eigenvalue weighted by molar-refractivity contribution is 7.91. The molecule has 2 aliphatic heterocycles. The number of hydrogen-bond acceptors (Lipinski definition) is 7. The van der Waals surface area contributed by atoms with Gasteiger partial charge in [0.05, 0.1) is 44.8 Å². The highest BCUT2D eigenvalue weighted by Gasteiger charge is 2.33. The Balaban J connectivity index is 1.66. The van der Waals surface area contributed by atoms with Gasteiger partial charge in [0.2, 0.25) is 0 Å². The van der Waals surface area contributed by atoms with Gasteiger partial charge < -0.3 is 9.80 Å². The Kier molecular flexibility index (Phi) is 5.10. The van der Waals surface area contributed by atoms with E-state index in [1.54, 1.807) is 16.0 Å². The molecule has 0 N–H and O–H groups in total. The molecule has 2 fully saturated rings. The van der Waals surface area contributed by atoms with Gasteiger partial charge in [-0.25, -0.2) is 18.1 Å². The number of aryl methyl sites for hydroxylation is 1. The third kappa shape index (κ3) is 3.77. The lowest BCUT2D eigenvalue weighted by Crippen LogP contribution is -2.47. The normalized spacial score (nSPS) is 21.7. The van der Waals surface area contributed by atoms with E-state index in [4.69, 9.17) is 4.98 Å². The second kappa shape index (κ2) is 7.68. The van der Waals surface area contributed by atoms with Crippen LogP contribution in [0, 0.1) is 6.92 Å². The van der Waals surface area contributed by atoms with Crippen molar-refractivity contribution in [2.45, 2.75) is 19.4 Å². The molecule has 1 atom stereocenters. The number of carbonyl (C=O) groups excluding carboxylic acids is 1. The van der Waals surface area contributed by atoms with Crippen LogP contribution in [0.5, 0.6) is 0 Å². The van der Waals surface area contributed by atoms with E-state index in [1.165, 1.54) is 0 Å². The van der Waals surface area contributed by atoms with Crippen molar-refractivity contribution in [1.29, 1.82) is 0 Å². The molecule has 3 aromatic rings. The van der Waals surface area contributed by atoms with Gasteiger partial charge in [0.1, 0.15) is 0 Å². The quantitative estimate of drug-likeness (QED) is 0.597. The number of rotatable bonds is 3. The molecule has 0 saturated carbocycles. The fourth-order valence-electron chi connectivity index (χ4n) is 4.43. The number of nitrogens with zero attached hydrogens (tertiary/aromatic N) is 5. The van der Waals surface area contributed by atoms with Gasteiger partial charge in [0.25, 0.3) is 5.91 Å². The first-order valence-electron chi connectivity index (χ1n) is 10.4. The van der Waals surface area contributed by atoms with Gasteiger partial charge in [0.15, 0.2) is 15.5 Å². The van der Waals surface area contributed by atoms with Crippen LogP contribution in [0.3, 0.4) is 0 Å². The van der Waals surface area contributed by atoms with Crippen LogP contribution in [0.2, 0.25) is 0 Å². The number of likely N-dealkylation sites (N-methyl/N-ethyl adjacent to an activating group) is 1. The summed E-state index contributed by atoms with van der Waals surface area (Å²) in [5.74, 6) is 0.214. The number of hydrogen-bond donors (Lipinski definition) is 0. The summed E-state index contributed by atoms with van der Waals surface area (Å²) >= 11 is 1.57. The molecule has 10 heteroatoms. The summed E-state index contributed by atoms with van der Waals surface area (Å²) in [6.45, 7) is 4.92. The van der Waals surface area contributed by atoms with Crippen molar-refractivity contribution < 1.29 is 13.2 Å². The Morgan fingerprint density at radius 3 is 2.65 bits per heavy atom. The number of carbonyl (C=O) groups is 1. The molecule has 0 radical (unpaired) electrons. The summed E-state index contributed by atoms with van der Waals surface area (Å²) < 4.78 is 25.9. The largest absolute Gasteiger partial charge is 0.336 e. The van der Waals surface area contributed by atoms with Crippen molar-refractivity contribution >= 4 is 38.1 Å². The molecular formula is C21H25N5O3S2. The van der Waals surface area contributed by atoms with Gasteiger partial charge in [-0.05, 0) is 37.9 Å². The van der Waals surface area contributed by atoms with Crippen molar-refractivity contribution in [1.82, 2.24) is 24.6 Å². The SMILES string of the molecule is Cc1nn([C@@H]2CCS(=O)(=O)C2)c2nc(-c3cccs3)cc(C(=O)N3CCN(C)CC3)c12. The average Bonchev–Trinajstić information content (AvgIpc) is 3.47. The zero-order valence-electron chi connectivity index (χ0n) is 17.6. The molecule has 2 aliphatic rings. The lowest BCUT2D eigenvalue weighted by molar-refractivity contribution is 0.0666. The number of amides is 1. The number of pyridine rings is 1. The van der Waals surface area contributed by atoms with E-state index in [1.807, 2.05) is 35.4 Å². The molecule has 5 rings (SSSR count). The van der Waals surface area contributed by atoms with Crippen molar-refractivity contribution in [3.8, 4) is 10.6 Å². The first-order valence-corrected chi connectivity index (χ1v) is 13.1. The Hall–Kier alpha value is -2.30. The van der Waals surface area contributed by atoms with Crippen molar-refractivity contribution in [2.75, 3.05) is 44.7 Å². The molecule has 0 bridgehead atoms. The Morgan fingerprint density at radius 2 is 2.00 bits per heavy atom. The van der Waals surface area contributed by atoms with Gasteiger partial charge in [-0.15, -0.1) is 11.3 Å². The molecule has 0 unspecified atom stereocenters. The number of aromatic nitrogens is 3. The molecule has 0 aliphatic carbocycles. The minimum absolute atomic E-state index is 0.0139. The van der Waals surface area contributed by atoms with Crippen molar-refractivity contribution in [3.63, 3.8) is 0 Å². The predicted molar refractivity (Wildman–Crippen MR) is 121 cm³/mol. The third-order valence-electron chi connectivity index (χ3n) is 6.19. The second-order valence-electron chi connectivity index (χ2n) is 8.41. The van der Waals surface area contributed by atoms with Crippen LogP contribution in [0.25, 0.3) is 21.6 Å². The number of sulfone groups is 1. The summed E-state index contributed by atoms with van der Waals surface area (Å²) in [6, 6.07) is 5.56. The minimum atomic E-state index is -3.07. The molecule has 3 aromatic heterocycles. The lowest BCUT2D eigenvalue weighted by atomic mass is 10.1. The van der Waals surface area contributed by atoms with E-state index >= 15 is 0 Å². The third-order valence-corrected chi connectivity index (χ3v) is 8.83. The number of piperazine rings is 1. The molecule has 8 nitrogen and oxygen atoms in total. The maximum absolute atomic E-state index is 13.6. The summed E-state index contributed by atoms with van der Waals surface area (Å²) in [5, 5.41) is 7.39. The summed E-state index contributed by atoms with van der Waals surface area (Å²) in [7, 11) is -1.01. The average molecular weight is 460 g/mol. The number of thiophene rings is 1. The topological polar surface area (TPSA) is 88.4 Å². The second-order valence-corrected chi connectivity index (χ2v) is 11.6. The molecule has 5 heterocycles. The van der Waals surface area contributed by atoms with Gasteiger partial charge in [-0.3, -0.25) is 4.79 Å². The van der Waals surface area contributed by atoms with Gasteiger partial charge in [-0.2, -0.15) is 5.10 Å². The fraction of sp³-hybridized carbons (Fsp3) is 0.476. The summed E-state index contributed by atoms with van der Waals surface area (Å²) in [5.41, 5.74) is 2.63. The summed E-state index contributed by atoms with van der Waals surface area (Å²) in [6.07, 6.45) is 0.519. The number of fused-ring (bicyclic) bond motifs is 1. The van der Waals surface area contributed by atoms with Crippen LogP contribution in [0.4, 0.5) is 0 Å². The highest BCUT2D eigenvalue weighted by atomic mass is 32.2. The first kappa shape index (κ1) is 20.6. The van der Waals surface area contributed by atoms with Crippen LogP contribution in [0.1, 0.15) is 28.5 Å². The minimum Gasteiger partial charge on any atom is -0.336 e. The van der Waals surface area contributed by atoms with Crippen LogP contribution in [-0.2, 0) is 9.84 Å². The van der Waals surface area contributed by atoms with Crippen LogP contribution in [-0.4, -0.2) is 83.6 Å². The van der Waals surface area contributed by atoms with E-state index in [2.05, 4.69) is 17.0 Å². The van der Waals surface area contributed by atoms with Crippen LogP contribution < -0.4 is 0 Å². The molecule has 1 amide bonds. The Morgan fingerprint density at radius 1 is 1.23 bits per heavy atom. The monoisotopic (exact) mass is 459 g/mol. The molecule has 2 saturated heterocycles. The highest BCUT2D eigenvalue weighted by Crippen LogP contribution is 2.33. The van der Waals surface area contributed by atoms with Crippen LogP contribution >= 0.6 is 11.3 Å². The zero-order valence-corrected chi connectivity index (χ0v) is 19.2. The first-order chi connectivity index (χ1) is 14.8. The van der Waals surface area contributed by atoms with Crippen LogP contribution in [0.15, 0.2) is 23.6 Å². The Bertz CT molecular complexity index is 1240. The van der Waals surface area contributed by atoms with E-state index in [9.17, 15) is 13.2 Å². The standard InChI is InChI=1S/C21H25N5O3S2/c1-14-19-16(21(27)25-8-6-24(2)7-9-25)12-17(18-4-3-10-30-18)22-20(19)26(23-14)15-5-11-31(28,29)13-15/h3-4,10,12,15H,5-9,11,13H2,1-2H3/t15-/m1/s1. The lowest BCUT2D eigenvalue weighted by Gasteiger charge is -2.32. The van der Waals surface area contributed by atoms with Crippen molar-refractivity contribution in [3.05, 3.63) is 34.8 Å². The van der Waals surface area contributed by atoms with E-state index < -0.39 is 9.84 Å². The smallest absolute Gasteiger partial charge is 0.254 e. The maximum atomic E-state index is 13.6. The maximum Gasteiger partial charge on any atom is 0.254 e.